The van der Waals surface area contributed by atoms with Crippen LogP contribution in [0, 0.1) is 0 Å². The van der Waals surface area contributed by atoms with Gasteiger partial charge in [0.15, 0.2) is 5.69 Å². The Balaban J connectivity index is 0.00000187. The lowest BCUT2D eigenvalue weighted by Crippen LogP contribution is -2.24. The van der Waals surface area contributed by atoms with Gasteiger partial charge < -0.3 is 24.8 Å². The number of nitrogens with zero attached hydrogens (tertiary/aromatic N) is 2. The molecule has 9 nitrogen and oxygen atoms in total. The Kier molecular flexibility index (Phi) is 9.56. The number of methoxy groups -OCH3 is 3. The van der Waals surface area contributed by atoms with Crippen molar-refractivity contribution in [2.24, 2.45) is 0 Å². The van der Waals surface area contributed by atoms with Crippen molar-refractivity contribution >= 4 is 29.6 Å². The maximum atomic E-state index is 12.8. The number of rotatable bonds is 9. The lowest BCUT2D eigenvalue weighted by Gasteiger charge is -2.11. The van der Waals surface area contributed by atoms with Crippen molar-refractivity contribution < 1.29 is 23.8 Å². The summed E-state index contributed by atoms with van der Waals surface area (Å²) in [4.78, 5) is 23.8. The number of amides is 2. The van der Waals surface area contributed by atoms with Gasteiger partial charge in [-0.15, -0.1) is 0 Å². The van der Waals surface area contributed by atoms with Gasteiger partial charge in [0, 0.05) is 18.2 Å². The minimum atomic E-state index is -0.472. The maximum absolute atomic E-state index is 12.8. The molecule has 0 aliphatic rings. The largest absolute Gasteiger partial charge is 0.497 e. The van der Waals surface area contributed by atoms with Crippen molar-refractivity contribution in [3.05, 3.63) is 58.9 Å². The molecule has 0 spiro atoms. The molecule has 10 heteroatoms. The predicted molar refractivity (Wildman–Crippen MR) is 127 cm³/mol. The van der Waals surface area contributed by atoms with Crippen LogP contribution in [-0.2, 0) is 11.3 Å². The summed E-state index contributed by atoms with van der Waals surface area (Å²) in [6.45, 7) is 4.19. The van der Waals surface area contributed by atoms with Gasteiger partial charge in [-0.2, -0.15) is 5.10 Å². The number of halogens is 1. The number of aromatic nitrogens is 2. The number of carbonyl (C=O) groups is 2. The van der Waals surface area contributed by atoms with Gasteiger partial charge in [0.1, 0.15) is 17.2 Å². The van der Waals surface area contributed by atoms with Gasteiger partial charge in [0.05, 0.1) is 43.9 Å². The third-order valence-corrected chi connectivity index (χ3v) is 4.77. The van der Waals surface area contributed by atoms with Crippen molar-refractivity contribution in [3.8, 4) is 22.9 Å². The zero-order valence-electron chi connectivity index (χ0n) is 19.1. The number of anilines is 1. The average molecular weight is 475 g/mol. The number of benzene rings is 2. The Morgan fingerprint density at radius 1 is 1.06 bits per heavy atom. The van der Waals surface area contributed by atoms with Gasteiger partial charge in [-0.05, 0) is 30.3 Å². The molecular weight excluding hydrogens is 448 g/mol. The zero-order valence-corrected chi connectivity index (χ0v) is 19.9. The molecule has 0 bridgehead atoms. The van der Waals surface area contributed by atoms with Gasteiger partial charge >= 0.3 is 0 Å². The van der Waals surface area contributed by atoms with Crippen LogP contribution >= 0.6 is 11.6 Å². The Labute approximate surface area is 197 Å². The maximum Gasteiger partial charge on any atom is 0.274 e. The second-order valence-corrected chi connectivity index (χ2v) is 6.68. The molecule has 0 unspecified atom stereocenters. The molecule has 1 heterocycles. The fraction of sp³-hybridized carbons (Fsp3) is 0.261. The molecule has 0 saturated heterocycles. The Hall–Kier alpha value is -3.72. The van der Waals surface area contributed by atoms with Gasteiger partial charge in [0.2, 0.25) is 6.41 Å². The van der Waals surface area contributed by atoms with Gasteiger partial charge in [-0.25, -0.2) is 4.68 Å². The molecule has 33 heavy (non-hydrogen) atoms. The summed E-state index contributed by atoms with van der Waals surface area (Å²) in [5.74, 6) is 1.25. The van der Waals surface area contributed by atoms with Crippen LogP contribution in [-0.4, -0.2) is 43.4 Å². The molecule has 3 rings (SSSR count). The molecule has 2 N–H and O–H groups in total. The molecule has 0 fully saturated rings. The molecular formula is C23H27ClN4O5. The van der Waals surface area contributed by atoms with Crippen LogP contribution in [0.2, 0.25) is 5.02 Å². The van der Waals surface area contributed by atoms with Crippen LogP contribution in [0.5, 0.6) is 17.2 Å². The van der Waals surface area contributed by atoms with Crippen molar-refractivity contribution in [1.82, 2.24) is 15.1 Å². The first-order valence-corrected chi connectivity index (χ1v) is 10.5. The van der Waals surface area contributed by atoms with E-state index in [0.717, 1.165) is 5.56 Å². The summed E-state index contributed by atoms with van der Waals surface area (Å²) in [5, 5.41) is 9.98. The smallest absolute Gasteiger partial charge is 0.274 e. The van der Waals surface area contributed by atoms with Crippen LogP contribution in [0.1, 0.15) is 29.9 Å². The van der Waals surface area contributed by atoms with Crippen LogP contribution < -0.4 is 24.8 Å². The molecule has 0 aliphatic carbocycles. The summed E-state index contributed by atoms with van der Waals surface area (Å²) < 4.78 is 17.1. The summed E-state index contributed by atoms with van der Waals surface area (Å²) in [6, 6.07) is 10.3. The number of carbonyl (C=O) groups excluding carboxylic acids is 2. The molecule has 3 aromatic rings. The van der Waals surface area contributed by atoms with E-state index in [1.807, 2.05) is 13.8 Å². The quantitative estimate of drug-likeness (QED) is 0.453. The number of nitrogens with one attached hydrogen (secondary N) is 2. The summed E-state index contributed by atoms with van der Waals surface area (Å²) in [7, 11) is 4.61. The molecule has 0 radical (unpaired) electrons. The lowest BCUT2D eigenvalue weighted by atomic mass is 10.2. The summed E-state index contributed by atoms with van der Waals surface area (Å²) in [5.41, 5.74) is 1.64. The minimum Gasteiger partial charge on any atom is -0.497 e. The average Bonchev–Trinajstić information content (AvgIpc) is 3.27. The summed E-state index contributed by atoms with van der Waals surface area (Å²) >= 11 is 6.18. The standard InChI is InChI=1S/C21H21ClN4O5.C2H6/c1-29-15-6-4-13(19(9-15)31-3)10-23-21(28)20-17(24-12-27)11-26(25-20)14-5-7-18(30-2)16(22)8-14;1-2/h4-9,11-12H,10H2,1-3H3,(H,23,28)(H,24,27);1-2H3. The second-order valence-electron chi connectivity index (χ2n) is 6.28. The van der Waals surface area contributed by atoms with Crippen molar-refractivity contribution in [1.29, 1.82) is 0 Å². The molecule has 1 aromatic heterocycles. The van der Waals surface area contributed by atoms with Crippen LogP contribution in [0.15, 0.2) is 42.6 Å². The third kappa shape index (κ3) is 6.17. The fourth-order valence-corrected chi connectivity index (χ4v) is 3.15. The second kappa shape index (κ2) is 12.4. The van der Waals surface area contributed by atoms with E-state index in [4.69, 9.17) is 25.8 Å². The van der Waals surface area contributed by atoms with Crippen molar-refractivity contribution in [2.45, 2.75) is 20.4 Å². The first kappa shape index (κ1) is 25.5. The first-order valence-electron chi connectivity index (χ1n) is 10.1. The van der Waals surface area contributed by atoms with E-state index in [0.29, 0.717) is 34.4 Å². The third-order valence-electron chi connectivity index (χ3n) is 4.48. The van der Waals surface area contributed by atoms with Gasteiger partial charge in [-0.1, -0.05) is 25.4 Å². The molecule has 0 aliphatic heterocycles. The minimum absolute atomic E-state index is 0.0477. The fourth-order valence-electron chi connectivity index (χ4n) is 2.90. The van der Waals surface area contributed by atoms with Crippen molar-refractivity contribution in [3.63, 3.8) is 0 Å². The van der Waals surface area contributed by atoms with Gasteiger partial charge in [-0.3, -0.25) is 9.59 Å². The Morgan fingerprint density at radius 3 is 2.39 bits per heavy atom. The Morgan fingerprint density at radius 2 is 1.79 bits per heavy atom. The number of hydrogen-bond donors (Lipinski definition) is 2. The van der Waals surface area contributed by atoms with E-state index < -0.39 is 5.91 Å². The van der Waals surface area contributed by atoms with E-state index in [1.54, 1.807) is 43.5 Å². The van der Waals surface area contributed by atoms with Crippen LogP contribution in [0.4, 0.5) is 5.69 Å². The highest BCUT2D eigenvalue weighted by Gasteiger charge is 2.18. The van der Waals surface area contributed by atoms with E-state index in [9.17, 15) is 9.59 Å². The SMILES string of the molecule is CC.COc1ccc(CNC(=O)c2nn(-c3ccc(OC)c(Cl)c3)cc2NC=O)c(OC)c1. The van der Waals surface area contributed by atoms with Crippen LogP contribution in [0.3, 0.4) is 0 Å². The topological polar surface area (TPSA) is 104 Å². The molecule has 2 aromatic carbocycles. The first-order chi connectivity index (χ1) is 16.0. The number of ether oxygens (including phenoxy) is 3. The highest BCUT2D eigenvalue weighted by molar-refractivity contribution is 6.32. The molecule has 2 amide bonds. The molecule has 0 saturated carbocycles. The molecule has 176 valence electrons. The molecule has 0 atom stereocenters. The Bertz CT molecular complexity index is 1100. The highest BCUT2D eigenvalue weighted by atomic mass is 35.5. The van der Waals surface area contributed by atoms with E-state index in [2.05, 4.69) is 15.7 Å². The monoisotopic (exact) mass is 474 g/mol. The van der Waals surface area contributed by atoms with E-state index in [1.165, 1.54) is 25.1 Å². The predicted octanol–water partition coefficient (Wildman–Crippen LogP) is 4.08. The zero-order chi connectivity index (χ0) is 24.4. The summed E-state index contributed by atoms with van der Waals surface area (Å²) in [6.07, 6.45) is 2.00. The van der Waals surface area contributed by atoms with E-state index in [-0.39, 0.29) is 17.9 Å². The highest BCUT2D eigenvalue weighted by Crippen LogP contribution is 2.28. The number of hydrogen-bond acceptors (Lipinski definition) is 6. The van der Waals surface area contributed by atoms with Gasteiger partial charge in [0.25, 0.3) is 5.91 Å². The van der Waals surface area contributed by atoms with E-state index >= 15 is 0 Å². The normalized spacial score (nSPS) is 9.88. The van der Waals surface area contributed by atoms with Crippen molar-refractivity contribution in [2.75, 3.05) is 26.6 Å². The lowest BCUT2D eigenvalue weighted by molar-refractivity contribution is -0.105. The van der Waals surface area contributed by atoms with Crippen LogP contribution in [0.25, 0.3) is 5.69 Å².